The number of sulfonamides is 1. The van der Waals surface area contributed by atoms with Crippen molar-refractivity contribution in [2.45, 2.75) is 64.1 Å². The number of carboxylic acids is 1. The van der Waals surface area contributed by atoms with E-state index in [0.29, 0.717) is 37.3 Å². The number of likely N-dealkylation sites (N-methyl/N-ethyl adjacent to an activating group) is 1. The van der Waals surface area contributed by atoms with Crippen molar-refractivity contribution >= 4 is 16.0 Å². The molecule has 0 spiro atoms. The second-order valence-corrected chi connectivity index (χ2v) is 7.87. The summed E-state index contributed by atoms with van der Waals surface area (Å²) >= 11 is 0. The number of carboxylic acid groups (broad SMARTS) is 1. The maximum atomic E-state index is 12.7. The number of carbonyl (C=O) groups is 1. The fourth-order valence-electron chi connectivity index (χ4n) is 3.31. The molecular formula is C15H26N4O4S. The first-order chi connectivity index (χ1) is 11.2. The summed E-state index contributed by atoms with van der Waals surface area (Å²) in [6, 6.07) is -0.0500. The molecule has 2 N–H and O–H groups in total. The van der Waals surface area contributed by atoms with Gasteiger partial charge in [-0.25, -0.2) is 13.1 Å². The SMILES string of the molecule is CCN(CC(=O)O)C1CC(NS(=O)(=O)c2c(C)nn(CC)c2C)C1. The summed E-state index contributed by atoms with van der Waals surface area (Å²) in [5.41, 5.74) is 1.14. The van der Waals surface area contributed by atoms with Crippen LogP contribution in [0.2, 0.25) is 0 Å². The Labute approximate surface area is 142 Å². The van der Waals surface area contributed by atoms with Gasteiger partial charge in [0, 0.05) is 18.6 Å². The number of aromatic nitrogens is 2. The lowest BCUT2D eigenvalue weighted by Gasteiger charge is -2.42. The van der Waals surface area contributed by atoms with Crippen LogP contribution in [0, 0.1) is 13.8 Å². The van der Waals surface area contributed by atoms with E-state index in [1.54, 1.807) is 18.5 Å². The third-order valence-corrected chi connectivity index (χ3v) is 6.35. The van der Waals surface area contributed by atoms with Crippen LogP contribution in [-0.2, 0) is 21.4 Å². The Balaban J connectivity index is 2.03. The van der Waals surface area contributed by atoms with Crippen molar-refractivity contribution < 1.29 is 18.3 Å². The second kappa shape index (κ2) is 7.20. The summed E-state index contributed by atoms with van der Waals surface area (Å²) in [7, 11) is -3.62. The summed E-state index contributed by atoms with van der Waals surface area (Å²) in [5, 5.41) is 13.2. The molecule has 0 saturated heterocycles. The molecule has 136 valence electrons. The van der Waals surface area contributed by atoms with Crippen molar-refractivity contribution in [1.82, 2.24) is 19.4 Å². The standard InChI is InChI=1S/C15H26N4O4S/c1-5-18(9-14(20)21)13-7-12(8-13)17-24(22,23)15-10(3)16-19(6-2)11(15)4/h12-13,17H,5-9H2,1-4H3,(H,20,21). The van der Waals surface area contributed by atoms with Crippen molar-refractivity contribution in [2.75, 3.05) is 13.1 Å². The third-order valence-electron chi connectivity index (χ3n) is 4.58. The molecular weight excluding hydrogens is 332 g/mol. The van der Waals surface area contributed by atoms with Crippen LogP contribution in [0.5, 0.6) is 0 Å². The van der Waals surface area contributed by atoms with E-state index in [1.807, 2.05) is 18.7 Å². The molecule has 0 atom stereocenters. The molecule has 0 bridgehead atoms. The van der Waals surface area contributed by atoms with E-state index >= 15 is 0 Å². The molecule has 0 amide bonds. The van der Waals surface area contributed by atoms with Gasteiger partial charge in [0.05, 0.1) is 17.9 Å². The van der Waals surface area contributed by atoms with Gasteiger partial charge in [0.2, 0.25) is 10.0 Å². The zero-order chi connectivity index (χ0) is 18.1. The van der Waals surface area contributed by atoms with Crippen LogP contribution in [0.3, 0.4) is 0 Å². The van der Waals surface area contributed by atoms with Crippen LogP contribution < -0.4 is 4.72 Å². The molecule has 1 aliphatic rings. The maximum Gasteiger partial charge on any atom is 0.317 e. The molecule has 1 heterocycles. The van der Waals surface area contributed by atoms with Gasteiger partial charge in [0.25, 0.3) is 0 Å². The van der Waals surface area contributed by atoms with Gasteiger partial charge in [0.1, 0.15) is 4.90 Å². The number of hydrogen-bond acceptors (Lipinski definition) is 5. The minimum Gasteiger partial charge on any atom is -0.480 e. The normalized spacial score (nSPS) is 21.0. The number of hydrogen-bond donors (Lipinski definition) is 2. The molecule has 0 aromatic carbocycles. The van der Waals surface area contributed by atoms with Crippen molar-refractivity contribution in [3.8, 4) is 0 Å². The van der Waals surface area contributed by atoms with E-state index < -0.39 is 16.0 Å². The van der Waals surface area contributed by atoms with Crippen LogP contribution in [0.25, 0.3) is 0 Å². The summed E-state index contributed by atoms with van der Waals surface area (Å²) in [6.07, 6.45) is 1.25. The fraction of sp³-hybridized carbons (Fsp3) is 0.733. The highest BCUT2D eigenvalue weighted by atomic mass is 32.2. The molecule has 0 unspecified atom stereocenters. The molecule has 1 aliphatic carbocycles. The topological polar surface area (TPSA) is 105 Å². The van der Waals surface area contributed by atoms with E-state index in [-0.39, 0.29) is 23.5 Å². The molecule has 1 aromatic rings. The number of nitrogens with zero attached hydrogens (tertiary/aromatic N) is 3. The molecule has 24 heavy (non-hydrogen) atoms. The minimum atomic E-state index is -3.62. The van der Waals surface area contributed by atoms with Gasteiger partial charge < -0.3 is 5.11 Å². The molecule has 1 saturated carbocycles. The van der Waals surface area contributed by atoms with E-state index in [1.165, 1.54) is 0 Å². The Morgan fingerprint density at radius 1 is 1.38 bits per heavy atom. The fourth-order valence-corrected chi connectivity index (χ4v) is 4.98. The predicted molar refractivity (Wildman–Crippen MR) is 89.4 cm³/mol. The number of rotatable bonds is 8. The highest BCUT2D eigenvalue weighted by Gasteiger charge is 2.37. The Kier molecular flexibility index (Phi) is 5.67. The Bertz CT molecular complexity index is 707. The summed E-state index contributed by atoms with van der Waals surface area (Å²) in [5.74, 6) is -0.862. The van der Waals surface area contributed by atoms with Gasteiger partial charge in [-0.15, -0.1) is 0 Å². The smallest absolute Gasteiger partial charge is 0.317 e. The first kappa shape index (κ1) is 18.9. The van der Waals surface area contributed by atoms with Gasteiger partial charge >= 0.3 is 5.97 Å². The Morgan fingerprint density at radius 2 is 2.00 bits per heavy atom. The zero-order valence-electron chi connectivity index (χ0n) is 14.6. The maximum absolute atomic E-state index is 12.7. The van der Waals surface area contributed by atoms with Crippen LogP contribution in [-0.4, -0.2) is 59.3 Å². The number of aryl methyl sites for hydroxylation is 2. The molecule has 0 radical (unpaired) electrons. The van der Waals surface area contributed by atoms with Crippen LogP contribution in [0.15, 0.2) is 4.90 Å². The van der Waals surface area contributed by atoms with Crippen molar-refractivity contribution in [3.63, 3.8) is 0 Å². The van der Waals surface area contributed by atoms with Gasteiger partial charge in [-0.1, -0.05) is 6.92 Å². The van der Waals surface area contributed by atoms with Crippen molar-refractivity contribution in [2.24, 2.45) is 0 Å². The van der Waals surface area contributed by atoms with Crippen LogP contribution in [0.1, 0.15) is 38.1 Å². The van der Waals surface area contributed by atoms with E-state index in [0.717, 1.165) is 0 Å². The van der Waals surface area contributed by atoms with Gasteiger partial charge in [0.15, 0.2) is 0 Å². The first-order valence-electron chi connectivity index (χ1n) is 8.21. The Hall–Kier alpha value is -1.45. The lowest BCUT2D eigenvalue weighted by Crippen LogP contribution is -2.54. The summed E-state index contributed by atoms with van der Waals surface area (Å²) in [4.78, 5) is 13.0. The highest BCUT2D eigenvalue weighted by Crippen LogP contribution is 2.28. The van der Waals surface area contributed by atoms with Crippen molar-refractivity contribution in [3.05, 3.63) is 11.4 Å². The molecule has 0 aliphatic heterocycles. The van der Waals surface area contributed by atoms with E-state index in [2.05, 4.69) is 9.82 Å². The largest absolute Gasteiger partial charge is 0.480 e. The van der Waals surface area contributed by atoms with Gasteiger partial charge in [-0.05, 0) is 40.2 Å². The van der Waals surface area contributed by atoms with Crippen LogP contribution >= 0.6 is 0 Å². The number of nitrogens with one attached hydrogen (secondary N) is 1. The number of aliphatic carboxylic acids is 1. The summed E-state index contributed by atoms with van der Waals surface area (Å²) < 4.78 is 29.7. The average Bonchev–Trinajstić information content (AvgIpc) is 2.74. The highest BCUT2D eigenvalue weighted by molar-refractivity contribution is 7.89. The molecule has 9 heteroatoms. The quantitative estimate of drug-likeness (QED) is 0.710. The lowest BCUT2D eigenvalue weighted by molar-refractivity contribution is -0.139. The first-order valence-corrected chi connectivity index (χ1v) is 9.70. The van der Waals surface area contributed by atoms with E-state index in [9.17, 15) is 13.2 Å². The van der Waals surface area contributed by atoms with Gasteiger partial charge in [-0.3, -0.25) is 14.4 Å². The van der Waals surface area contributed by atoms with Crippen LogP contribution in [0.4, 0.5) is 0 Å². The zero-order valence-corrected chi connectivity index (χ0v) is 15.4. The minimum absolute atomic E-state index is 0.0118. The lowest BCUT2D eigenvalue weighted by atomic mass is 9.86. The molecule has 1 fully saturated rings. The predicted octanol–water partition coefficient (Wildman–Crippen LogP) is 0.736. The molecule has 8 nitrogen and oxygen atoms in total. The molecule has 1 aromatic heterocycles. The molecule has 2 rings (SSSR count). The summed E-state index contributed by atoms with van der Waals surface area (Å²) in [6.45, 7) is 8.53. The van der Waals surface area contributed by atoms with Gasteiger partial charge in [-0.2, -0.15) is 5.10 Å². The monoisotopic (exact) mass is 358 g/mol. The second-order valence-electron chi connectivity index (χ2n) is 6.22. The average molecular weight is 358 g/mol. The Morgan fingerprint density at radius 3 is 2.46 bits per heavy atom. The third kappa shape index (κ3) is 3.79. The van der Waals surface area contributed by atoms with Crippen molar-refractivity contribution in [1.29, 1.82) is 0 Å². The van der Waals surface area contributed by atoms with E-state index in [4.69, 9.17) is 5.11 Å².